The molecule has 0 fully saturated rings. The van der Waals surface area contributed by atoms with Crippen LogP contribution in [0.3, 0.4) is 0 Å². The van der Waals surface area contributed by atoms with E-state index in [1.807, 2.05) is 6.07 Å². The summed E-state index contributed by atoms with van der Waals surface area (Å²) in [5.41, 5.74) is 8.34. The lowest BCUT2D eigenvalue weighted by Gasteiger charge is -2.13. The van der Waals surface area contributed by atoms with E-state index in [4.69, 9.17) is 17.3 Å². The number of hydrogen-bond acceptors (Lipinski definition) is 6. The first kappa shape index (κ1) is 19.8. The number of pyridine rings is 1. The molecule has 0 saturated heterocycles. The lowest BCUT2D eigenvalue weighted by atomic mass is 9.92. The fourth-order valence-electron chi connectivity index (χ4n) is 3.26. The van der Waals surface area contributed by atoms with Gasteiger partial charge in [0.25, 0.3) is 5.91 Å². The van der Waals surface area contributed by atoms with Gasteiger partial charge in [-0.05, 0) is 35.4 Å². The largest absolute Gasteiger partial charge is 0.384 e. The zero-order valence-electron chi connectivity index (χ0n) is 15.5. The Hall–Kier alpha value is -3.49. The van der Waals surface area contributed by atoms with Crippen LogP contribution in [-0.2, 0) is 21.6 Å². The summed E-state index contributed by atoms with van der Waals surface area (Å²) in [7, 11) is -2.61. The number of carbonyl (C=O) groups excluding carboxylic acids is 1. The third-order valence-electron chi connectivity index (χ3n) is 4.55. The van der Waals surface area contributed by atoms with Crippen molar-refractivity contribution >= 4 is 49.8 Å². The number of fused-ring (bicyclic) bond motifs is 1. The second-order valence-corrected chi connectivity index (χ2v) is 7.76. The van der Waals surface area contributed by atoms with Crippen LogP contribution in [0.15, 0.2) is 82.1 Å². The zero-order valence-corrected chi connectivity index (χ0v) is 17.0. The van der Waals surface area contributed by atoms with Crippen molar-refractivity contribution in [3.05, 3.63) is 88.2 Å². The molecule has 2 aromatic rings. The van der Waals surface area contributed by atoms with E-state index in [-0.39, 0.29) is 22.2 Å². The maximum absolute atomic E-state index is 13.0. The Balaban J connectivity index is 1.77. The maximum Gasteiger partial charge on any atom is 0.270 e. The normalized spacial score (nSPS) is 15.2. The monoisotopic (exact) mass is 438 g/mol. The first-order valence-electron chi connectivity index (χ1n) is 8.88. The fourth-order valence-corrected chi connectivity index (χ4v) is 4.21. The molecule has 0 saturated carbocycles. The van der Waals surface area contributed by atoms with Crippen LogP contribution in [0.1, 0.15) is 11.1 Å². The van der Waals surface area contributed by atoms with E-state index >= 15 is 0 Å². The van der Waals surface area contributed by atoms with E-state index in [1.165, 1.54) is 6.08 Å². The maximum atomic E-state index is 13.0. The second kappa shape index (κ2) is 8.10. The molecule has 2 aliphatic rings. The van der Waals surface area contributed by atoms with Crippen molar-refractivity contribution in [3.63, 3.8) is 0 Å². The molecule has 150 valence electrons. The van der Waals surface area contributed by atoms with E-state index in [2.05, 4.69) is 15.3 Å². The standard InChI is InChI=1S/C21H15ClN4O3S/c22-14-6-7-15-18(20(14)30(28)29)17(13-4-2-1-3-5-13)19(26-15)21(27)25-11-12-8-9-24-16(23)10-12/h1-10H,11H2,(H2,23,24)(H,25,27). The third kappa shape index (κ3) is 3.70. The average Bonchev–Trinajstić information content (AvgIpc) is 3.12. The van der Waals surface area contributed by atoms with Gasteiger partial charge in [-0.2, -0.15) is 8.42 Å². The number of aromatic nitrogens is 1. The van der Waals surface area contributed by atoms with Gasteiger partial charge in [0.1, 0.15) is 16.4 Å². The van der Waals surface area contributed by atoms with E-state index in [0.717, 1.165) is 5.56 Å². The lowest BCUT2D eigenvalue weighted by Crippen LogP contribution is -2.31. The first-order chi connectivity index (χ1) is 14.5. The second-order valence-electron chi connectivity index (χ2n) is 6.48. The molecule has 1 aromatic carbocycles. The van der Waals surface area contributed by atoms with Crippen LogP contribution in [0.2, 0.25) is 0 Å². The molecule has 0 unspecified atom stereocenters. The molecule has 2 heterocycles. The minimum atomic E-state index is -2.61. The molecule has 30 heavy (non-hydrogen) atoms. The summed E-state index contributed by atoms with van der Waals surface area (Å²) in [4.78, 5) is 21.3. The number of amides is 1. The Bertz CT molecular complexity index is 1320. The van der Waals surface area contributed by atoms with Crippen LogP contribution >= 0.6 is 11.6 Å². The number of benzene rings is 1. The first-order valence-corrected chi connectivity index (χ1v) is 10.3. The molecular formula is C21H15ClN4O3S. The zero-order chi connectivity index (χ0) is 21.3. The summed E-state index contributed by atoms with van der Waals surface area (Å²) in [5.74, 6) is -0.0969. The molecule has 1 aromatic heterocycles. The number of halogens is 1. The van der Waals surface area contributed by atoms with Gasteiger partial charge < -0.3 is 11.1 Å². The van der Waals surface area contributed by atoms with Crippen LogP contribution in [0.4, 0.5) is 5.82 Å². The number of nitrogens with two attached hydrogens (primary N) is 1. The highest BCUT2D eigenvalue weighted by molar-refractivity contribution is 7.74. The molecule has 0 atom stereocenters. The molecule has 0 spiro atoms. The Kier molecular flexibility index (Phi) is 5.35. The van der Waals surface area contributed by atoms with Gasteiger partial charge in [0, 0.05) is 23.9 Å². The van der Waals surface area contributed by atoms with Gasteiger partial charge in [0.15, 0.2) is 0 Å². The topological polar surface area (TPSA) is 115 Å². The summed E-state index contributed by atoms with van der Waals surface area (Å²) >= 11 is 6.16. The number of nitrogens with one attached hydrogen (secondary N) is 1. The molecule has 1 aliphatic heterocycles. The van der Waals surface area contributed by atoms with Crippen molar-refractivity contribution in [1.29, 1.82) is 0 Å². The van der Waals surface area contributed by atoms with Crippen molar-refractivity contribution < 1.29 is 13.2 Å². The van der Waals surface area contributed by atoms with Crippen LogP contribution in [-0.4, -0.2) is 29.9 Å². The number of aliphatic imine (C=N–C) groups is 1. The summed E-state index contributed by atoms with van der Waals surface area (Å²) < 4.78 is 23.8. The lowest BCUT2D eigenvalue weighted by molar-refractivity contribution is -0.114. The number of nitrogens with zero attached hydrogens (tertiary/aromatic N) is 2. The summed E-state index contributed by atoms with van der Waals surface area (Å²) in [6.45, 7) is 0.212. The smallest absolute Gasteiger partial charge is 0.270 e. The highest BCUT2D eigenvalue weighted by Crippen LogP contribution is 2.38. The van der Waals surface area contributed by atoms with Crippen molar-refractivity contribution in [1.82, 2.24) is 10.3 Å². The van der Waals surface area contributed by atoms with Crippen molar-refractivity contribution in [3.8, 4) is 0 Å². The predicted molar refractivity (Wildman–Crippen MR) is 117 cm³/mol. The molecule has 9 heteroatoms. The van der Waals surface area contributed by atoms with E-state index < -0.39 is 16.2 Å². The van der Waals surface area contributed by atoms with Crippen LogP contribution in [0.25, 0.3) is 5.57 Å². The number of nitrogen functional groups attached to an aromatic ring is 1. The van der Waals surface area contributed by atoms with Crippen LogP contribution < -0.4 is 11.1 Å². The van der Waals surface area contributed by atoms with Gasteiger partial charge in [-0.15, -0.1) is 0 Å². The molecule has 1 amide bonds. The van der Waals surface area contributed by atoms with E-state index in [9.17, 15) is 13.2 Å². The quantitative estimate of drug-likeness (QED) is 0.710. The Morgan fingerprint density at radius 2 is 1.87 bits per heavy atom. The number of hydrogen-bond donors (Lipinski definition) is 2. The molecule has 1 aliphatic carbocycles. The minimum Gasteiger partial charge on any atom is -0.384 e. The molecular weight excluding hydrogens is 424 g/mol. The SMILES string of the molecule is Nc1cc(CNC(=O)C2=NC3=CC=C(Cl)C(=S(=O)=O)C3=C2c2ccccc2)ccn1. The predicted octanol–water partition coefficient (Wildman–Crippen LogP) is 2.26. The fraction of sp³-hybridized carbons (Fsp3) is 0.0476. The number of anilines is 1. The van der Waals surface area contributed by atoms with Gasteiger partial charge in [0.05, 0.1) is 10.7 Å². The number of carbonyl (C=O) groups is 1. The molecule has 0 radical (unpaired) electrons. The summed E-state index contributed by atoms with van der Waals surface area (Å²) in [5, 5.41) is 2.87. The highest BCUT2D eigenvalue weighted by atomic mass is 35.5. The van der Waals surface area contributed by atoms with Crippen molar-refractivity contribution in [2.24, 2.45) is 4.99 Å². The molecule has 4 rings (SSSR count). The molecule has 7 nitrogen and oxygen atoms in total. The third-order valence-corrected chi connectivity index (χ3v) is 5.73. The van der Waals surface area contributed by atoms with E-state index in [1.54, 1.807) is 48.7 Å². The van der Waals surface area contributed by atoms with Gasteiger partial charge in [0.2, 0.25) is 10.3 Å². The van der Waals surface area contributed by atoms with Gasteiger partial charge >= 0.3 is 0 Å². The van der Waals surface area contributed by atoms with Crippen LogP contribution in [0, 0.1) is 0 Å². The minimum absolute atomic E-state index is 0.0691. The van der Waals surface area contributed by atoms with E-state index in [0.29, 0.717) is 28.2 Å². The van der Waals surface area contributed by atoms with Gasteiger partial charge in [-0.3, -0.25) is 4.79 Å². The number of rotatable bonds is 4. The van der Waals surface area contributed by atoms with Crippen LogP contribution in [0.5, 0.6) is 0 Å². The van der Waals surface area contributed by atoms with Crippen molar-refractivity contribution in [2.45, 2.75) is 6.54 Å². The summed E-state index contributed by atoms with van der Waals surface area (Å²) in [6, 6.07) is 12.4. The Morgan fingerprint density at radius 1 is 1.10 bits per heavy atom. The van der Waals surface area contributed by atoms with Gasteiger partial charge in [-0.25, -0.2) is 9.98 Å². The van der Waals surface area contributed by atoms with Gasteiger partial charge in [-0.1, -0.05) is 41.9 Å². The molecule has 0 bridgehead atoms. The average molecular weight is 439 g/mol. The number of allylic oxidation sites excluding steroid dienone is 4. The van der Waals surface area contributed by atoms with Crippen molar-refractivity contribution in [2.75, 3.05) is 5.73 Å². The molecule has 3 N–H and O–H groups in total. The highest BCUT2D eigenvalue weighted by Gasteiger charge is 2.34. The Morgan fingerprint density at radius 3 is 2.57 bits per heavy atom. The Labute approximate surface area is 178 Å². The summed E-state index contributed by atoms with van der Waals surface area (Å²) in [6.07, 6.45) is 4.61.